The zero-order chi connectivity index (χ0) is 23.8. The molecule has 3 N–H and O–H groups in total. The number of hydrogen-bond donors (Lipinski definition) is 3. The zero-order valence-corrected chi connectivity index (χ0v) is 19.7. The molecule has 0 radical (unpaired) electrons. The summed E-state index contributed by atoms with van der Waals surface area (Å²) in [6.45, 7) is 4.33. The highest BCUT2D eigenvalue weighted by Gasteiger charge is 2.73. The molecule has 3 atom stereocenters. The summed E-state index contributed by atoms with van der Waals surface area (Å²) in [5, 5.41) is 16.6. The minimum absolute atomic E-state index is 0.0497. The Hall–Kier alpha value is -2.22. The number of carboxylic acids is 1. The molecule has 1 saturated heterocycles. The number of halogens is 3. The zero-order valence-electron chi connectivity index (χ0n) is 18.2. The lowest BCUT2D eigenvalue weighted by molar-refractivity contribution is -0.139. The molecule has 2 aromatic rings. The second kappa shape index (κ2) is 7.39. The summed E-state index contributed by atoms with van der Waals surface area (Å²) in [5.74, 6) is -3.35. The molecule has 3 aliphatic rings. The first-order valence-corrected chi connectivity index (χ1v) is 11.7. The number of aromatic nitrogens is 1. The van der Waals surface area contributed by atoms with Crippen molar-refractivity contribution < 1.29 is 19.1 Å². The van der Waals surface area contributed by atoms with Crippen LogP contribution >= 0.6 is 23.2 Å². The summed E-state index contributed by atoms with van der Waals surface area (Å²) in [7, 11) is 0. The maximum Gasteiger partial charge on any atom is 0.321 e. The van der Waals surface area contributed by atoms with Gasteiger partial charge in [-0.3, -0.25) is 14.9 Å². The largest absolute Gasteiger partial charge is 0.480 e. The Morgan fingerprint density at radius 2 is 1.88 bits per heavy atom. The Bertz CT molecular complexity index is 1180. The molecule has 0 bridgehead atoms. The van der Waals surface area contributed by atoms with Crippen molar-refractivity contribution >= 4 is 40.8 Å². The van der Waals surface area contributed by atoms with Gasteiger partial charge in [-0.2, -0.15) is 0 Å². The molecule has 2 spiro atoms. The Morgan fingerprint density at radius 1 is 1.18 bits per heavy atom. The van der Waals surface area contributed by atoms with Gasteiger partial charge in [0.15, 0.2) is 11.0 Å². The van der Waals surface area contributed by atoms with Gasteiger partial charge in [-0.25, -0.2) is 9.37 Å². The first kappa shape index (κ1) is 22.6. The quantitative estimate of drug-likeness (QED) is 0.519. The van der Waals surface area contributed by atoms with Crippen LogP contribution in [0.5, 0.6) is 0 Å². The van der Waals surface area contributed by atoms with Crippen LogP contribution in [0.3, 0.4) is 0 Å². The smallest absolute Gasteiger partial charge is 0.321 e. The van der Waals surface area contributed by atoms with Gasteiger partial charge in [0, 0.05) is 28.4 Å². The average molecular weight is 492 g/mol. The highest BCUT2D eigenvalue weighted by atomic mass is 35.5. The molecule has 1 saturated carbocycles. The Morgan fingerprint density at radius 3 is 2.55 bits per heavy atom. The molecule has 6 nitrogen and oxygen atoms in total. The predicted molar refractivity (Wildman–Crippen MR) is 123 cm³/mol. The highest BCUT2D eigenvalue weighted by molar-refractivity contribution is 6.31. The van der Waals surface area contributed by atoms with E-state index in [4.69, 9.17) is 23.2 Å². The van der Waals surface area contributed by atoms with Crippen molar-refractivity contribution in [3.63, 3.8) is 0 Å². The molecule has 174 valence electrons. The van der Waals surface area contributed by atoms with E-state index in [-0.39, 0.29) is 22.0 Å². The number of pyridine rings is 1. The summed E-state index contributed by atoms with van der Waals surface area (Å²) in [6.07, 6.45) is 4.05. The van der Waals surface area contributed by atoms with Gasteiger partial charge in [-0.1, -0.05) is 43.1 Å². The first-order valence-electron chi connectivity index (χ1n) is 10.9. The number of anilines is 1. The van der Waals surface area contributed by atoms with Crippen LogP contribution in [0.1, 0.15) is 56.6 Å². The van der Waals surface area contributed by atoms with Gasteiger partial charge in [0.05, 0.1) is 0 Å². The summed E-state index contributed by atoms with van der Waals surface area (Å²) in [5.41, 5.74) is -0.983. The van der Waals surface area contributed by atoms with Crippen LogP contribution in [0.2, 0.25) is 10.2 Å². The lowest BCUT2D eigenvalue weighted by atomic mass is 9.53. The number of carboxylic acid groups (broad SMARTS) is 1. The molecular formula is C24H24Cl2FN3O3. The third-order valence-electron chi connectivity index (χ3n) is 7.93. The second-order valence-corrected chi connectivity index (χ2v) is 10.9. The van der Waals surface area contributed by atoms with Crippen molar-refractivity contribution in [3.8, 4) is 0 Å². The number of amides is 1. The molecule has 1 unspecified atom stereocenters. The first-order chi connectivity index (χ1) is 15.5. The third-order valence-corrected chi connectivity index (χ3v) is 8.43. The molecule has 2 aliphatic heterocycles. The SMILES string of the molecule is CC1(C)CCC2(CC1)NC(C(=O)O)[C@H](c1ccnc(Cl)c1F)[C@]21C(=O)Nc2cc(Cl)ccc21. The number of carbonyl (C=O) groups excluding carboxylic acids is 1. The fourth-order valence-corrected chi connectivity index (χ4v) is 6.65. The second-order valence-electron chi connectivity index (χ2n) is 10.1. The molecule has 9 heteroatoms. The minimum Gasteiger partial charge on any atom is -0.480 e. The van der Waals surface area contributed by atoms with Crippen molar-refractivity contribution in [2.24, 2.45) is 5.41 Å². The summed E-state index contributed by atoms with van der Waals surface area (Å²) in [4.78, 5) is 30.4. The number of nitrogens with one attached hydrogen (secondary N) is 2. The highest BCUT2D eigenvalue weighted by Crippen LogP contribution is 2.63. The Kier molecular flexibility index (Phi) is 5.05. The van der Waals surface area contributed by atoms with E-state index in [0.29, 0.717) is 29.1 Å². The van der Waals surface area contributed by atoms with Crippen molar-refractivity contribution in [2.45, 2.75) is 62.4 Å². The topological polar surface area (TPSA) is 91.3 Å². The lowest BCUT2D eigenvalue weighted by Gasteiger charge is -2.50. The van der Waals surface area contributed by atoms with Gasteiger partial charge in [0.1, 0.15) is 11.5 Å². The third kappa shape index (κ3) is 3.05. The number of fused-ring (bicyclic) bond motifs is 3. The molecule has 1 aliphatic carbocycles. The normalized spacial score (nSPS) is 29.3. The maximum absolute atomic E-state index is 15.4. The standard InChI is InChI=1S/C24H24Cl2FN3O3/c1-22(2)6-8-23(9-7-22)24(14-4-3-12(25)11-15(14)29-21(24)33)16(18(30-23)20(31)32)13-5-10-28-19(26)17(13)27/h3-5,10-11,16,18,30H,6-9H2,1-2H3,(H,29,33)(H,31,32)/t16-,18?,24+/m0/s1. The van der Waals surface area contributed by atoms with E-state index >= 15 is 4.39 Å². The average Bonchev–Trinajstić information content (AvgIpc) is 3.20. The molecule has 3 heterocycles. The fraction of sp³-hybridized carbons (Fsp3) is 0.458. The summed E-state index contributed by atoms with van der Waals surface area (Å²) < 4.78 is 15.4. The van der Waals surface area contributed by atoms with Crippen LogP contribution < -0.4 is 10.6 Å². The van der Waals surface area contributed by atoms with Crippen LogP contribution in [-0.4, -0.2) is 33.5 Å². The number of carbonyl (C=O) groups is 2. The number of hydrogen-bond acceptors (Lipinski definition) is 4. The molecule has 5 rings (SSSR count). The van der Waals surface area contributed by atoms with Gasteiger partial charge in [0.25, 0.3) is 0 Å². The molecule has 2 fully saturated rings. The Balaban J connectivity index is 1.83. The molecule has 1 amide bonds. The maximum atomic E-state index is 15.4. The van der Waals surface area contributed by atoms with Crippen LogP contribution in [0, 0.1) is 11.2 Å². The molecule has 33 heavy (non-hydrogen) atoms. The minimum atomic E-state index is -1.36. The van der Waals surface area contributed by atoms with Crippen molar-refractivity contribution in [1.82, 2.24) is 10.3 Å². The van der Waals surface area contributed by atoms with Gasteiger partial charge in [-0.05, 0) is 60.4 Å². The molecule has 1 aromatic carbocycles. The van der Waals surface area contributed by atoms with Crippen LogP contribution in [0.4, 0.5) is 10.1 Å². The number of nitrogens with zero attached hydrogens (tertiary/aromatic N) is 1. The summed E-state index contributed by atoms with van der Waals surface area (Å²) >= 11 is 12.2. The van der Waals surface area contributed by atoms with Gasteiger partial charge in [-0.15, -0.1) is 0 Å². The molecular weight excluding hydrogens is 468 g/mol. The van der Waals surface area contributed by atoms with Crippen LogP contribution in [0.25, 0.3) is 0 Å². The predicted octanol–water partition coefficient (Wildman–Crippen LogP) is 4.90. The van der Waals surface area contributed by atoms with E-state index < -0.39 is 34.7 Å². The van der Waals surface area contributed by atoms with E-state index in [9.17, 15) is 14.7 Å². The Labute approximate surface area is 200 Å². The van der Waals surface area contributed by atoms with Crippen molar-refractivity contribution in [2.75, 3.05) is 5.32 Å². The van der Waals surface area contributed by atoms with Crippen LogP contribution in [0.15, 0.2) is 30.5 Å². The van der Waals surface area contributed by atoms with Gasteiger partial charge < -0.3 is 10.4 Å². The van der Waals surface area contributed by atoms with E-state index in [1.165, 1.54) is 12.3 Å². The lowest BCUT2D eigenvalue weighted by Crippen LogP contribution is -2.61. The number of aliphatic carboxylic acids is 1. The van der Waals surface area contributed by atoms with Gasteiger partial charge >= 0.3 is 5.97 Å². The van der Waals surface area contributed by atoms with E-state index in [0.717, 1.165) is 12.8 Å². The van der Waals surface area contributed by atoms with Crippen molar-refractivity contribution in [3.05, 3.63) is 57.6 Å². The monoisotopic (exact) mass is 491 g/mol. The van der Waals surface area contributed by atoms with E-state index in [1.54, 1.807) is 18.2 Å². The van der Waals surface area contributed by atoms with Crippen LogP contribution in [-0.2, 0) is 15.0 Å². The van der Waals surface area contributed by atoms with E-state index in [2.05, 4.69) is 29.5 Å². The fourth-order valence-electron chi connectivity index (χ4n) is 6.31. The summed E-state index contributed by atoms with van der Waals surface area (Å²) in [6, 6.07) is 5.33. The molecule has 1 aromatic heterocycles. The van der Waals surface area contributed by atoms with Crippen molar-refractivity contribution in [1.29, 1.82) is 0 Å². The van der Waals surface area contributed by atoms with Gasteiger partial charge in [0.2, 0.25) is 5.91 Å². The number of rotatable bonds is 2. The van der Waals surface area contributed by atoms with E-state index in [1.807, 2.05) is 0 Å². The number of benzene rings is 1.